The van der Waals surface area contributed by atoms with Crippen molar-refractivity contribution >= 4 is 40.4 Å². The molecule has 2 heterocycles. The summed E-state index contributed by atoms with van der Waals surface area (Å²) in [5.74, 6) is -0.0144. The smallest absolute Gasteiger partial charge is 0.250 e. The van der Waals surface area contributed by atoms with Crippen LogP contribution in [0.2, 0.25) is 0 Å². The first kappa shape index (κ1) is 14.5. The molecule has 2 aromatic heterocycles. The Balaban J connectivity index is 1.79. The zero-order valence-corrected chi connectivity index (χ0v) is 12.5. The summed E-state index contributed by atoms with van der Waals surface area (Å²) in [5.41, 5.74) is 9.60. The van der Waals surface area contributed by atoms with Crippen molar-refractivity contribution in [2.45, 2.75) is 11.3 Å². The second-order valence-electron chi connectivity index (χ2n) is 3.83. The molecule has 2 rings (SSSR count). The van der Waals surface area contributed by atoms with Gasteiger partial charge in [-0.3, -0.25) is 9.48 Å². The van der Waals surface area contributed by atoms with Crippen LogP contribution < -0.4 is 11.2 Å². The predicted octanol–water partition coefficient (Wildman–Crippen LogP) is 0.405. The predicted molar refractivity (Wildman–Crippen MR) is 78.7 cm³/mol. The first-order valence-corrected chi connectivity index (χ1v) is 7.38. The fourth-order valence-corrected chi connectivity index (χ4v) is 2.79. The lowest BCUT2D eigenvalue weighted by Crippen LogP contribution is -2.19. The van der Waals surface area contributed by atoms with E-state index in [-0.39, 0.29) is 11.7 Å². The van der Waals surface area contributed by atoms with Crippen LogP contribution in [0.5, 0.6) is 0 Å². The Bertz CT molecular complexity index is 633. The van der Waals surface area contributed by atoms with Gasteiger partial charge in [-0.15, -0.1) is 10.2 Å². The highest BCUT2D eigenvalue weighted by Gasteiger charge is 2.06. The number of carbonyl (C=O) groups excluding carboxylic acids is 1. The fraction of sp³-hybridized carbons (Fsp3) is 0.300. The van der Waals surface area contributed by atoms with E-state index in [2.05, 4.69) is 25.8 Å². The van der Waals surface area contributed by atoms with Gasteiger partial charge in [0.05, 0.1) is 17.7 Å². The van der Waals surface area contributed by atoms with Gasteiger partial charge in [-0.2, -0.15) is 10.2 Å². The third kappa shape index (κ3) is 4.03. The second kappa shape index (κ2) is 6.48. The Labute approximate surface area is 123 Å². The van der Waals surface area contributed by atoms with Gasteiger partial charge in [0.1, 0.15) is 0 Å². The van der Waals surface area contributed by atoms with Gasteiger partial charge in [0.15, 0.2) is 4.34 Å². The molecule has 10 heteroatoms. The average molecular weight is 311 g/mol. The first-order valence-electron chi connectivity index (χ1n) is 5.58. The van der Waals surface area contributed by atoms with Crippen molar-refractivity contribution in [2.75, 3.05) is 11.5 Å². The molecule has 0 saturated heterocycles. The number of nitrogen functional groups attached to an aromatic ring is 1. The van der Waals surface area contributed by atoms with E-state index in [1.54, 1.807) is 10.9 Å². The Morgan fingerprint density at radius 3 is 3.05 bits per heavy atom. The third-order valence-corrected chi connectivity index (χ3v) is 4.08. The molecule has 0 aliphatic carbocycles. The number of hydrogen-bond donors (Lipinski definition) is 2. The molecule has 2 aromatic rings. The van der Waals surface area contributed by atoms with E-state index < -0.39 is 0 Å². The minimum Gasteiger partial charge on any atom is -0.374 e. The number of nitrogens with one attached hydrogen (secondary N) is 1. The molecule has 1 amide bonds. The molecule has 3 N–H and O–H groups in total. The van der Waals surface area contributed by atoms with Crippen LogP contribution in [0.1, 0.15) is 11.3 Å². The Morgan fingerprint density at radius 2 is 2.45 bits per heavy atom. The van der Waals surface area contributed by atoms with Crippen LogP contribution in [0.25, 0.3) is 0 Å². The molecule has 8 nitrogen and oxygen atoms in total. The summed E-state index contributed by atoms with van der Waals surface area (Å²) in [7, 11) is 1.83. The van der Waals surface area contributed by atoms with Crippen LogP contribution in [-0.4, -0.2) is 37.9 Å². The molecule has 0 fully saturated rings. The summed E-state index contributed by atoms with van der Waals surface area (Å²) in [6, 6.07) is 0. The van der Waals surface area contributed by atoms with E-state index in [1.165, 1.54) is 23.1 Å². The van der Waals surface area contributed by atoms with Gasteiger partial charge in [0, 0.05) is 18.8 Å². The molecule has 0 radical (unpaired) electrons. The molecule has 0 aliphatic rings. The summed E-state index contributed by atoms with van der Waals surface area (Å²) in [6.07, 6.45) is 3.39. The summed E-state index contributed by atoms with van der Waals surface area (Å²) >= 11 is 2.51. The zero-order valence-electron chi connectivity index (χ0n) is 10.9. The van der Waals surface area contributed by atoms with Crippen molar-refractivity contribution < 1.29 is 4.79 Å². The van der Waals surface area contributed by atoms with Crippen LogP contribution in [-0.2, 0) is 11.8 Å². The minimum absolute atomic E-state index is 0.206. The number of thioether (sulfide) groups is 1. The molecule has 0 atom stereocenters. The maximum atomic E-state index is 11.6. The van der Waals surface area contributed by atoms with Crippen molar-refractivity contribution in [3.63, 3.8) is 0 Å². The summed E-state index contributed by atoms with van der Waals surface area (Å²) < 4.78 is 2.35. The average Bonchev–Trinajstić information content (AvgIpc) is 2.93. The zero-order chi connectivity index (χ0) is 14.5. The van der Waals surface area contributed by atoms with Crippen LogP contribution in [0.4, 0.5) is 5.13 Å². The molecule has 0 aromatic carbocycles. The van der Waals surface area contributed by atoms with Crippen molar-refractivity contribution in [3.05, 3.63) is 17.5 Å². The van der Waals surface area contributed by atoms with E-state index in [9.17, 15) is 4.79 Å². The second-order valence-corrected chi connectivity index (χ2v) is 6.06. The number of hydrogen-bond acceptors (Lipinski definition) is 8. The Kier molecular flexibility index (Phi) is 4.69. The Morgan fingerprint density at radius 1 is 1.65 bits per heavy atom. The standard InChI is InChI=1S/C10H13N7OS2/c1-6-7(4-17(2)16-6)3-12-13-8(18)5-19-10-15-14-9(11)20-10/h3-4H,5H2,1-2H3,(H2,11,14)(H,13,18)/b12-3+. The third-order valence-electron chi connectivity index (χ3n) is 2.19. The number of anilines is 1. The number of aryl methyl sites for hydroxylation is 2. The lowest BCUT2D eigenvalue weighted by molar-refractivity contribution is -0.118. The number of aromatic nitrogens is 4. The van der Waals surface area contributed by atoms with Gasteiger partial charge in [0.2, 0.25) is 5.13 Å². The van der Waals surface area contributed by atoms with Gasteiger partial charge in [-0.05, 0) is 6.92 Å². The van der Waals surface area contributed by atoms with Crippen molar-refractivity contribution in [1.29, 1.82) is 0 Å². The largest absolute Gasteiger partial charge is 0.374 e. The van der Waals surface area contributed by atoms with Gasteiger partial charge in [0.25, 0.3) is 5.91 Å². The molecule has 106 valence electrons. The van der Waals surface area contributed by atoms with Crippen LogP contribution >= 0.6 is 23.1 Å². The van der Waals surface area contributed by atoms with E-state index in [4.69, 9.17) is 5.73 Å². The number of nitrogens with two attached hydrogens (primary N) is 1. The van der Waals surface area contributed by atoms with Crippen LogP contribution in [0.15, 0.2) is 15.6 Å². The normalized spacial score (nSPS) is 11.1. The summed E-state index contributed by atoms with van der Waals surface area (Å²) in [5, 5.41) is 15.9. The SMILES string of the molecule is Cc1nn(C)cc1/C=N/NC(=O)CSc1nnc(N)s1. The summed E-state index contributed by atoms with van der Waals surface area (Å²) in [6.45, 7) is 1.87. The van der Waals surface area contributed by atoms with Gasteiger partial charge < -0.3 is 5.73 Å². The van der Waals surface area contributed by atoms with Gasteiger partial charge in [-0.1, -0.05) is 23.1 Å². The van der Waals surface area contributed by atoms with E-state index in [0.717, 1.165) is 11.3 Å². The summed E-state index contributed by atoms with van der Waals surface area (Å²) in [4.78, 5) is 11.6. The molecule has 20 heavy (non-hydrogen) atoms. The number of carbonyl (C=O) groups is 1. The maximum absolute atomic E-state index is 11.6. The number of rotatable bonds is 5. The number of nitrogens with zero attached hydrogens (tertiary/aromatic N) is 5. The van der Waals surface area contributed by atoms with Crippen molar-refractivity contribution in [3.8, 4) is 0 Å². The highest BCUT2D eigenvalue weighted by molar-refractivity contribution is 8.01. The van der Waals surface area contributed by atoms with Crippen LogP contribution in [0, 0.1) is 6.92 Å². The van der Waals surface area contributed by atoms with E-state index in [0.29, 0.717) is 9.47 Å². The first-order chi connectivity index (χ1) is 9.54. The van der Waals surface area contributed by atoms with Crippen molar-refractivity contribution in [1.82, 2.24) is 25.4 Å². The fourth-order valence-electron chi connectivity index (χ4n) is 1.36. The van der Waals surface area contributed by atoms with Gasteiger partial charge >= 0.3 is 0 Å². The van der Waals surface area contributed by atoms with E-state index >= 15 is 0 Å². The minimum atomic E-state index is -0.221. The van der Waals surface area contributed by atoms with Crippen molar-refractivity contribution in [2.24, 2.45) is 12.1 Å². The molecule has 0 aliphatic heterocycles. The molecule has 0 bridgehead atoms. The number of amides is 1. The van der Waals surface area contributed by atoms with Gasteiger partial charge in [-0.25, -0.2) is 5.43 Å². The number of hydrazone groups is 1. The lowest BCUT2D eigenvalue weighted by Gasteiger charge is -1.96. The quantitative estimate of drug-likeness (QED) is 0.470. The molecular formula is C10H13N7OS2. The van der Waals surface area contributed by atoms with Crippen LogP contribution in [0.3, 0.4) is 0 Å². The van der Waals surface area contributed by atoms with E-state index in [1.807, 2.05) is 20.2 Å². The monoisotopic (exact) mass is 311 g/mol. The molecule has 0 unspecified atom stereocenters. The molecular weight excluding hydrogens is 298 g/mol. The topological polar surface area (TPSA) is 111 Å². The Hall–Kier alpha value is -1.94. The molecule has 0 saturated carbocycles. The highest BCUT2D eigenvalue weighted by Crippen LogP contribution is 2.22. The highest BCUT2D eigenvalue weighted by atomic mass is 32.2. The molecule has 0 spiro atoms. The lowest BCUT2D eigenvalue weighted by atomic mass is 10.3. The maximum Gasteiger partial charge on any atom is 0.250 e.